The molecule has 0 fully saturated rings. The summed E-state index contributed by atoms with van der Waals surface area (Å²) in [6, 6.07) is 13.4. The fourth-order valence-corrected chi connectivity index (χ4v) is 2.73. The van der Waals surface area contributed by atoms with Crippen molar-refractivity contribution in [3.8, 4) is 5.75 Å². The summed E-state index contributed by atoms with van der Waals surface area (Å²) in [6.45, 7) is 4.83. The van der Waals surface area contributed by atoms with Crippen LogP contribution < -0.4 is 15.4 Å². The zero-order valence-electron chi connectivity index (χ0n) is 14.5. The maximum atomic E-state index is 12.2. The third kappa shape index (κ3) is 4.18. The molecule has 130 valence electrons. The summed E-state index contributed by atoms with van der Waals surface area (Å²) >= 11 is 0. The maximum Gasteiger partial charge on any atom is 0.262 e. The van der Waals surface area contributed by atoms with Crippen molar-refractivity contribution in [3.63, 3.8) is 0 Å². The Hall–Kier alpha value is -2.82. The quantitative estimate of drug-likeness (QED) is 0.880. The highest BCUT2D eigenvalue weighted by atomic mass is 16.5. The first kappa shape index (κ1) is 17.0. The first-order chi connectivity index (χ1) is 12.0. The van der Waals surface area contributed by atoms with Crippen LogP contribution in [0.25, 0.3) is 0 Å². The molecule has 0 saturated heterocycles. The number of nitrogens with one attached hydrogen (secondary N) is 2. The number of hydrogen-bond donors (Lipinski definition) is 2. The highest BCUT2D eigenvalue weighted by molar-refractivity contribution is 5.95. The Balaban J connectivity index is 1.55. The monoisotopic (exact) mass is 338 g/mol. The fourth-order valence-electron chi connectivity index (χ4n) is 2.73. The minimum absolute atomic E-state index is 0.0536. The minimum Gasteiger partial charge on any atom is -0.482 e. The molecule has 0 bridgehead atoms. The van der Waals surface area contributed by atoms with E-state index in [-0.39, 0.29) is 18.4 Å². The van der Waals surface area contributed by atoms with Gasteiger partial charge in [0, 0.05) is 12.1 Å². The molecule has 5 heteroatoms. The molecule has 3 rings (SSSR count). The summed E-state index contributed by atoms with van der Waals surface area (Å²) < 4.78 is 5.34. The van der Waals surface area contributed by atoms with Crippen molar-refractivity contribution in [2.75, 3.05) is 18.5 Å². The van der Waals surface area contributed by atoms with Crippen LogP contribution in [0.2, 0.25) is 0 Å². The summed E-state index contributed by atoms with van der Waals surface area (Å²) in [6.07, 6.45) is 0.680. The number of carbonyl (C=O) groups excluding carboxylic acids is 2. The predicted molar refractivity (Wildman–Crippen MR) is 97.1 cm³/mol. The van der Waals surface area contributed by atoms with Gasteiger partial charge in [-0.05, 0) is 47.7 Å². The van der Waals surface area contributed by atoms with Gasteiger partial charge in [-0.15, -0.1) is 0 Å². The van der Waals surface area contributed by atoms with Gasteiger partial charge in [-0.25, -0.2) is 0 Å². The summed E-state index contributed by atoms with van der Waals surface area (Å²) in [7, 11) is 0. The molecule has 0 atom stereocenters. The predicted octanol–water partition coefficient (Wildman–Crippen LogP) is 3.11. The molecule has 0 aliphatic carbocycles. The Morgan fingerprint density at radius 1 is 1.20 bits per heavy atom. The van der Waals surface area contributed by atoms with Gasteiger partial charge < -0.3 is 15.4 Å². The second-order valence-corrected chi connectivity index (χ2v) is 6.45. The molecule has 2 aromatic rings. The van der Waals surface area contributed by atoms with Crippen LogP contribution in [0.5, 0.6) is 5.75 Å². The maximum absolute atomic E-state index is 12.2. The van der Waals surface area contributed by atoms with E-state index < -0.39 is 0 Å². The first-order valence-corrected chi connectivity index (χ1v) is 8.46. The molecule has 0 saturated carbocycles. The van der Waals surface area contributed by atoms with Crippen LogP contribution in [-0.2, 0) is 11.2 Å². The second-order valence-electron chi connectivity index (χ2n) is 6.45. The van der Waals surface area contributed by atoms with Crippen LogP contribution in [0.1, 0.15) is 41.3 Å². The van der Waals surface area contributed by atoms with E-state index in [0.29, 0.717) is 35.9 Å². The molecule has 0 unspecified atom stereocenters. The highest BCUT2D eigenvalue weighted by Gasteiger charge is 2.15. The topological polar surface area (TPSA) is 67.4 Å². The van der Waals surface area contributed by atoms with Gasteiger partial charge >= 0.3 is 0 Å². The summed E-state index contributed by atoms with van der Waals surface area (Å²) in [4.78, 5) is 23.6. The average molecular weight is 338 g/mol. The molecule has 2 aromatic carbocycles. The van der Waals surface area contributed by atoms with Crippen molar-refractivity contribution in [2.24, 2.45) is 0 Å². The van der Waals surface area contributed by atoms with E-state index in [9.17, 15) is 9.59 Å². The van der Waals surface area contributed by atoms with Crippen LogP contribution in [0.3, 0.4) is 0 Å². The summed E-state index contributed by atoms with van der Waals surface area (Å²) in [5.74, 6) is 0.899. The molecule has 0 radical (unpaired) electrons. The third-order valence-corrected chi connectivity index (χ3v) is 4.22. The van der Waals surface area contributed by atoms with Crippen molar-refractivity contribution in [2.45, 2.75) is 26.2 Å². The lowest BCUT2D eigenvalue weighted by molar-refractivity contribution is -0.118. The minimum atomic E-state index is -0.150. The zero-order chi connectivity index (χ0) is 17.8. The normalized spacial score (nSPS) is 13.0. The fraction of sp³-hybridized carbons (Fsp3) is 0.300. The molecule has 5 nitrogen and oxygen atoms in total. The molecule has 0 aromatic heterocycles. The van der Waals surface area contributed by atoms with Crippen molar-refractivity contribution in [3.05, 3.63) is 59.2 Å². The van der Waals surface area contributed by atoms with Crippen molar-refractivity contribution < 1.29 is 14.3 Å². The Morgan fingerprint density at radius 2 is 1.96 bits per heavy atom. The van der Waals surface area contributed by atoms with E-state index in [2.05, 4.69) is 24.5 Å². The molecule has 2 N–H and O–H groups in total. The van der Waals surface area contributed by atoms with Crippen molar-refractivity contribution in [1.29, 1.82) is 0 Å². The summed E-state index contributed by atoms with van der Waals surface area (Å²) in [5.41, 5.74) is 3.59. The van der Waals surface area contributed by atoms with E-state index in [0.717, 1.165) is 5.56 Å². The number of carbonyl (C=O) groups is 2. The smallest absolute Gasteiger partial charge is 0.262 e. The number of ether oxygens (including phenoxy) is 1. The van der Waals surface area contributed by atoms with E-state index in [1.54, 1.807) is 0 Å². The molecule has 1 aliphatic rings. The Labute approximate surface area is 147 Å². The van der Waals surface area contributed by atoms with Crippen LogP contribution in [-0.4, -0.2) is 25.0 Å². The third-order valence-electron chi connectivity index (χ3n) is 4.22. The number of rotatable bonds is 5. The van der Waals surface area contributed by atoms with Gasteiger partial charge in [0.1, 0.15) is 5.75 Å². The first-order valence-electron chi connectivity index (χ1n) is 8.46. The summed E-state index contributed by atoms with van der Waals surface area (Å²) in [5, 5.41) is 5.72. The molecular formula is C20H22N2O3. The lowest BCUT2D eigenvalue weighted by Crippen LogP contribution is -2.26. The van der Waals surface area contributed by atoms with Gasteiger partial charge in [0.25, 0.3) is 11.8 Å². The standard InChI is InChI=1S/C20H22N2O3/c1-13(2)15-4-6-16(7-5-15)20(24)21-10-9-14-3-8-18-17(11-14)22-19(23)12-25-18/h3-8,11,13H,9-10,12H2,1-2H3,(H,21,24)(H,22,23). The number of amides is 2. The van der Waals surface area contributed by atoms with Crippen LogP contribution in [0.15, 0.2) is 42.5 Å². The van der Waals surface area contributed by atoms with E-state index in [1.165, 1.54) is 5.56 Å². The second kappa shape index (κ2) is 7.38. The molecule has 1 heterocycles. The Morgan fingerprint density at radius 3 is 2.68 bits per heavy atom. The van der Waals surface area contributed by atoms with Crippen LogP contribution in [0, 0.1) is 0 Å². The Bertz CT molecular complexity index is 782. The van der Waals surface area contributed by atoms with E-state index in [4.69, 9.17) is 4.74 Å². The van der Waals surface area contributed by atoms with E-state index in [1.807, 2.05) is 42.5 Å². The number of fused-ring (bicyclic) bond motifs is 1. The van der Waals surface area contributed by atoms with Crippen molar-refractivity contribution in [1.82, 2.24) is 5.32 Å². The van der Waals surface area contributed by atoms with Gasteiger partial charge in [-0.3, -0.25) is 9.59 Å². The number of hydrogen-bond acceptors (Lipinski definition) is 3. The lowest BCUT2D eigenvalue weighted by Gasteiger charge is -2.18. The highest BCUT2D eigenvalue weighted by Crippen LogP contribution is 2.28. The van der Waals surface area contributed by atoms with E-state index >= 15 is 0 Å². The molecule has 0 spiro atoms. The van der Waals surface area contributed by atoms with Gasteiger partial charge in [0.05, 0.1) is 5.69 Å². The van der Waals surface area contributed by atoms with Crippen LogP contribution >= 0.6 is 0 Å². The number of anilines is 1. The molecule has 25 heavy (non-hydrogen) atoms. The Kier molecular flexibility index (Phi) is 5.03. The molecule has 2 amide bonds. The largest absolute Gasteiger partial charge is 0.482 e. The van der Waals surface area contributed by atoms with Gasteiger partial charge in [0.15, 0.2) is 6.61 Å². The van der Waals surface area contributed by atoms with Crippen LogP contribution in [0.4, 0.5) is 5.69 Å². The van der Waals surface area contributed by atoms with Gasteiger partial charge in [0.2, 0.25) is 0 Å². The molecule has 1 aliphatic heterocycles. The average Bonchev–Trinajstić information content (AvgIpc) is 2.61. The lowest BCUT2D eigenvalue weighted by atomic mass is 10.0. The SMILES string of the molecule is CC(C)c1ccc(C(=O)NCCc2ccc3c(c2)NC(=O)CO3)cc1. The molecular weight excluding hydrogens is 316 g/mol. The van der Waals surface area contributed by atoms with Gasteiger partial charge in [-0.2, -0.15) is 0 Å². The van der Waals surface area contributed by atoms with Gasteiger partial charge in [-0.1, -0.05) is 32.0 Å². The number of benzene rings is 2. The van der Waals surface area contributed by atoms with Crippen molar-refractivity contribution >= 4 is 17.5 Å². The zero-order valence-corrected chi connectivity index (χ0v) is 14.5.